The van der Waals surface area contributed by atoms with E-state index in [1.165, 1.54) is 0 Å². The predicted octanol–water partition coefficient (Wildman–Crippen LogP) is 18.8. The molecule has 0 spiro atoms. The van der Waals surface area contributed by atoms with Crippen LogP contribution in [0.1, 0.15) is 0 Å². The summed E-state index contributed by atoms with van der Waals surface area (Å²) in [6.45, 7) is 0. The fraction of sp³-hybridized carbons (Fsp3) is 0. The number of anilines is 9. The van der Waals surface area contributed by atoms with Gasteiger partial charge in [-0.2, -0.15) is 0 Å². The molecule has 1 aromatic heterocycles. The lowest BCUT2D eigenvalue weighted by atomic mass is 10.1. The molecule has 12 aromatic rings. The zero-order valence-electron chi connectivity index (χ0n) is 39.3. The van der Waals surface area contributed by atoms with Gasteiger partial charge in [-0.1, -0.05) is 152 Å². The van der Waals surface area contributed by atoms with Gasteiger partial charge in [-0.25, -0.2) is 0 Å². The van der Waals surface area contributed by atoms with Crippen LogP contribution in [0.25, 0.3) is 27.5 Å². The van der Waals surface area contributed by atoms with Gasteiger partial charge in [0.15, 0.2) is 0 Å². The second-order valence-corrected chi connectivity index (χ2v) is 17.4. The van der Waals surface area contributed by atoms with Crippen molar-refractivity contribution in [3.05, 3.63) is 291 Å². The molecule has 0 saturated heterocycles. The number of aromatic nitrogens is 1. The lowest BCUT2D eigenvalue weighted by molar-refractivity contribution is 0.482. The average Bonchev–Trinajstić information content (AvgIpc) is 3.79. The minimum atomic E-state index is 0.683. The predicted molar refractivity (Wildman–Crippen MR) is 298 cm³/mol. The summed E-state index contributed by atoms with van der Waals surface area (Å²) in [6, 6.07) is 101. The molecule has 12 rings (SSSR count). The summed E-state index contributed by atoms with van der Waals surface area (Å²) in [5.74, 6) is 2.87. The molecule has 0 aliphatic heterocycles. The first-order valence-electron chi connectivity index (χ1n) is 24.2. The van der Waals surface area contributed by atoms with Crippen LogP contribution in [-0.2, 0) is 0 Å². The van der Waals surface area contributed by atoms with Crippen molar-refractivity contribution in [1.29, 1.82) is 0 Å². The van der Waals surface area contributed by atoms with Crippen LogP contribution in [-0.4, -0.2) is 4.57 Å². The SMILES string of the molecule is c1ccc(Oc2cc(N(c3ccccc3)c3ccccc3)cc(-n3c4ccccc4c4c(Oc5cc(N(c6ccccc6)c6ccccc6)cc(N(c6ccccc6)c6ccccc6)c5)cccc43)c2)cc1. The van der Waals surface area contributed by atoms with Crippen molar-refractivity contribution in [3.8, 4) is 28.7 Å². The van der Waals surface area contributed by atoms with Crippen molar-refractivity contribution in [2.75, 3.05) is 14.7 Å². The maximum atomic E-state index is 7.35. The van der Waals surface area contributed by atoms with Crippen molar-refractivity contribution in [1.82, 2.24) is 4.57 Å². The first-order valence-corrected chi connectivity index (χ1v) is 24.2. The maximum absolute atomic E-state index is 7.35. The quantitative estimate of drug-likeness (QED) is 0.109. The number of nitrogens with zero attached hydrogens (tertiary/aromatic N) is 4. The van der Waals surface area contributed by atoms with E-state index < -0.39 is 0 Å². The molecule has 0 radical (unpaired) electrons. The zero-order chi connectivity index (χ0) is 48.1. The van der Waals surface area contributed by atoms with Gasteiger partial charge in [-0.15, -0.1) is 0 Å². The Labute approximate surface area is 419 Å². The molecule has 0 unspecified atom stereocenters. The van der Waals surface area contributed by atoms with Gasteiger partial charge in [0.25, 0.3) is 0 Å². The van der Waals surface area contributed by atoms with Crippen LogP contribution in [0.2, 0.25) is 0 Å². The van der Waals surface area contributed by atoms with Crippen molar-refractivity contribution in [2.45, 2.75) is 0 Å². The van der Waals surface area contributed by atoms with Crippen LogP contribution in [0.3, 0.4) is 0 Å². The van der Waals surface area contributed by atoms with E-state index in [1.54, 1.807) is 0 Å². The number of para-hydroxylation sites is 8. The van der Waals surface area contributed by atoms with Gasteiger partial charge < -0.3 is 28.7 Å². The van der Waals surface area contributed by atoms with E-state index >= 15 is 0 Å². The molecule has 6 nitrogen and oxygen atoms in total. The van der Waals surface area contributed by atoms with E-state index in [2.05, 4.69) is 268 Å². The van der Waals surface area contributed by atoms with Gasteiger partial charge in [0.1, 0.15) is 23.0 Å². The minimum absolute atomic E-state index is 0.683. The first kappa shape index (κ1) is 43.5. The maximum Gasteiger partial charge on any atom is 0.137 e. The standard InChI is InChI=1S/C66H48N4O2/c1-8-25-49(26-9-1)67(50-27-10-2-11-28-50)55-43-56(68(51-29-12-3-13-30-51)52-31-14-4-15-32-52)47-61(46-55)72-65-42-24-41-64-66(65)62-39-22-23-40-63(62)70(64)58-44-57(45-60(48-58)71-59-37-20-7-21-38-59)69(53-33-16-5-17-34-53)54-35-18-6-19-36-54/h1-48H. The Bertz CT molecular complexity index is 3520. The highest BCUT2D eigenvalue weighted by molar-refractivity contribution is 6.12. The molecule has 0 aliphatic rings. The molecule has 1 heterocycles. The average molecular weight is 929 g/mol. The normalized spacial score (nSPS) is 11.1. The Hall–Kier alpha value is -9.78. The molecule has 0 amide bonds. The molecule has 0 saturated carbocycles. The number of hydrogen-bond donors (Lipinski definition) is 0. The highest BCUT2D eigenvalue weighted by Crippen LogP contribution is 2.47. The highest BCUT2D eigenvalue weighted by atomic mass is 16.5. The van der Waals surface area contributed by atoms with Gasteiger partial charge in [-0.05, 0) is 115 Å². The molecular formula is C66H48N4O2. The second kappa shape index (κ2) is 19.7. The first-order chi connectivity index (χ1) is 35.7. The number of ether oxygens (including phenoxy) is 2. The summed E-state index contributed by atoms with van der Waals surface area (Å²) >= 11 is 0. The Kier molecular flexibility index (Phi) is 11.9. The topological polar surface area (TPSA) is 33.1 Å². The molecule has 0 fully saturated rings. The summed E-state index contributed by atoms with van der Waals surface area (Å²) in [6.07, 6.45) is 0. The largest absolute Gasteiger partial charge is 0.457 e. The highest BCUT2D eigenvalue weighted by Gasteiger charge is 2.23. The van der Waals surface area contributed by atoms with E-state index in [4.69, 9.17) is 9.47 Å². The van der Waals surface area contributed by atoms with Crippen LogP contribution in [0.15, 0.2) is 291 Å². The second-order valence-electron chi connectivity index (χ2n) is 17.4. The van der Waals surface area contributed by atoms with E-state index in [0.29, 0.717) is 11.5 Å². The van der Waals surface area contributed by atoms with E-state index in [9.17, 15) is 0 Å². The molecule has 344 valence electrons. The fourth-order valence-corrected chi connectivity index (χ4v) is 9.68. The summed E-state index contributed by atoms with van der Waals surface area (Å²) in [5.41, 5.74) is 12.0. The third-order valence-corrected chi connectivity index (χ3v) is 12.7. The summed E-state index contributed by atoms with van der Waals surface area (Å²) in [5, 5.41) is 2.05. The molecular weight excluding hydrogens is 881 g/mol. The Balaban J connectivity index is 1.06. The Morgan fingerprint density at radius 1 is 0.250 bits per heavy atom. The fourth-order valence-electron chi connectivity index (χ4n) is 9.68. The van der Waals surface area contributed by atoms with Crippen molar-refractivity contribution < 1.29 is 9.47 Å². The molecule has 0 bridgehead atoms. The summed E-state index contributed by atoms with van der Waals surface area (Å²) in [4.78, 5) is 6.84. The van der Waals surface area contributed by atoms with Gasteiger partial charge >= 0.3 is 0 Å². The zero-order valence-corrected chi connectivity index (χ0v) is 39.3. The monoisotopic (exact) mass is 928 g/mol. The van der Waals surface area contributed by atoms with Crippen LogP contribution in [0, 0.1) is 0 Å². The van der Waals surface area contributed by atoms with Crippen molar-refractivity contribution in [2.24, 2.45) is 0 Å². The molecule has 72 heavy (non-hydrogen) atoms. The Morgan fingerprint density at radius 3 is 1.06 bits per heavy atom. The minimum Gasteiger partial charge on any atom is -0.457 e. The lowest BCUT2D eigenvalue weighted by Gasteiger charge is -2.30. The molecule has 0 aliphatic carbocycles. The van der Waals surface area contributed by atoms with Gasteiger partial charge in [-0.3, -0.25) is 0 Å². The van der Waals surface area contributed by atoms with E-state index in [-0.39, 0.29) is 0 Å². The molecule has 11 aromatic carbocycles. The number of benzene rings is 11. The number of hydrogen-bond acceptors (Lipinski definition) is 5. The lowest BCUT2D eigenvalue weighted by Crippen LogP contribution is -2.13. The number of fused-ring (bicyclic) bond motifs is 3. The van der Waals surface area contributed by atoms with E-state index in [0.717, 1.165) is 90.2 Å². The van der Waals surface area contributed by atoms with Crippen LogP contribution >= 0.6 is 0 Å². The van der Waals surface area contributed by atoms with Crippen LogP contribution in [0.4, 0.5) is 51.2 Å². The molecule has 0 atom stereocenters. The van der Waals surface area contributed by atoms with Crippen molar-refractivity contribution >= 4 is 73.0 Å². The van der Waals surface area contributed by atoms with Gasteiger partial charge in [0.2, 0.25) is 0 Å². The summed E-state index contributed by atoms with van der Waals surface area (Å²) in [7, 11) is 0. The van der Waals surface area contributed by atoms with Crippen molar-refractivity contribution in [3.63, 3.8) is 0 Å². The third-order valence-electron chi connectivity index (χ3n) is 12.7. The smallest absolute Gasteiger partial charge is 0.137 e. The van der Waals surface area contributed by atoms with Gasteiger partial charge in [0.05, 0.1) is 39.2 Å². The van der Waals surface area contributed by atoms with Crippen LogP contribution in [0.5, 0.6) is 23.0 Å². The number of rotatable bonds is 14. The summed E-state index contributed by atoms with van der Waals surface area (Å²) < 4.78 is 16.4. The molecule has 0 N–H and O–H groups in total. The van der Waals surface area contributed by atoms with Gasteiger partial charge in [0, 0.05) is 63.8 Å². The Morgan fingerprint density at radius 2 is 0.611 bits per heavy atom. The molecule has 6 heteroatoms. The van der Waals surface area contributed by atoms with Crippen LogP contribution < -0.4 is 24.2 Å². The third kappa shape index (κ3) is 8.77. The van der Waals surface area contributed by atoms with E-state index in [1.807, 2.05) is 42.5 Å².